The Morgan fingerprint density at radius 2 is 1.74 bits per heavy atom. The molecule has 2 aromatic carbocycles. The summed E-state index contributed by atoms with van der Waals surface area (Å²) in [7, 11) is 1.65. The van der Waals surface area contributed by atoms with Gasteiger partial charge in [-0.25, -0.2) is 4.68 Å². The van der Waals surface area contributed by atoms with Crippen molar-refractivity contribution in [1.82, 2.24) is 19.4 Å². The van der Waals surface area contributed by atoms with Crippen LogP contribution in [-0.4, -0.2) is 39.4 Å². The number of hydrogen-bond acceptors (Lipinski definition) is 5. The SMILES string of the molecule is COc1ccc(OCCn2cc(C=Nn3cnnc3)c3ccccc32)cc1. The second kappa shape index (κ2) is 7.74. The van der Waals surface area contributed by atoms with Crippen LogP contribution >= 0.6 is 0 Å². The summed E-state index contributed by atoms with van der Waals surface area (Å²) < 4.78 is 14.8. The summed E-state index contributed by atoms with van der Waals surface area (Å²) in [6, 6.07) is 15.8. The molecule has 0 N–H and O–H groups in total. The quantitative estimate of drug-likeness (QED) is 0.474. The average Bonchev–Trinajstić information content (AvgIpc) is 3.35. The van der Waals surface area contributed by atoms with Crippen LogP contribution in [0.2, 0.25) is 0 Å². The molecule has 0 atom stereocenters. The van der Waals surface area contributed by atoms with Crippen LogP contribution in [-0.2, 0) is 6.54 Å². The summed E-state index contributed by atoms with van der Waals surface area (Å²) in [5.74, 6) is 1.64. The number of fused-ring (bicyclic) bond motifs is 1. The van der Waals surface area contributed by atoms with Crippen LogP contribution in [0.15, 0.2) is 72.5 Å². The van der Waals surface area contributed by atoms with E-state index in [1.807, 2.05) is 42.6 Å². The van der Waals surface area contributed by atoms with E-state index in [4.69, 9.17) is 9.47 Å². The molecule has 0 spiro atoms. The molecule has 0 aliphatic heterocycles. The fourth-order valence-electron chi connectivity index (χ4n) is 2.88. The number of methoxy groups -OCH3 is 1. The van der Waals surface area contributed by atoms with Crippen molar-refractivity contribution in [3.63, 3.8) is 0 Å². The Bertz CT molecular complexity index is 1040. The van der Waals surface area contributed by atoms with Crippen molar-refractivity contribution in [1.29, 1.82) is 0 Å². The van der Waals surface area contributed by atoms with Gasteiger partial charge in [0.25, 0.3) is 0 Å². The van der Waals surface area contributed by atoms with Gasteiger partial charge < -0.3 is 14.0 Å². The molecule has 2 heterocycles. The van der Waals surface area contributed by atoms with Gasteiger partial charge in [-0.2, -0.15) is 5.10 Å². The lowest BCUT2D eigenvalue weighted by atomic mass is 10.2. The van der Waals surface area contributed by atoms with Crippen molar-refractivity contribution >= 4 is 17.1 Å². The molecule has 0 saturated carbocycles. The van der Waals surface area contributed by atoms with E-state index in [0.717, 1.165) is 34.5 Å². The van der Waals surface area contributed by atoms with E-state index in [0.29, 0.717) is 6.61 Å². The zero-order chi connectivity index (χ0) is 18.5. The number of hydrogen-bond donors (Lipinski definition) is 0. The van der Waals surface area contributed by atoms with Crippen molar-refractivity contribution in [3.05, 3.63) is 72.9 Å². The summed E-state index contributed by atoms with van der Waals surface area (Å²) in [4.78, 5) is 0. The van der Waals surface area contributed by atoms with Crippen molar-refractivity contribution in [2.45, 2.75) is 6.54 Å². The lowest BCUT2D eigenvalue weighted by Crippen LogP contribution is -2.07. The third kappa shape index (κ3) is 3.82. The zero-order valence-electron chi connectivity index (χ0n) is 14.9. The normalized spacial score (nSPS) is 11.3. The van der Waals surface area contributed by atoms with E-state index in [9.17, 15) is 0 Å². The molecule has 0 aliphatic carbocycles. The summed E-state index contributed by atoms with van der Waals surface area (Å²) in [6.07, 6.45) is 7.00. The van der Waals surface area contributed by atoms with E-state index >= 15 is 0 Å². The standard InChI is InChI=1S/C20H19N5O2/c1-26-17-6-8-18(9-7-17)27-11-10-24-13-16(12-23-25-14-21-22-15-25)19-4-2-3-5-20(19)24/h2-9,12-15H,10-11H2,1H3. The first-order valence-electron chi connectivity index (χ1n) is 8.57. The Balaban J connectivity index is 1.49. The van der Waals surface area contributed by atoms with E-state index < -0.39 is 0 Å². The van der Waals surface area contributed by atoms with Gasteiger partial charge >= 0.3 is 0 Å². The van der Waals surface area contributed by atoms with Gasteiger partial charge in [-0.05, 0) is 30.3 Å². The second-order valence-electron chi connectivity index (χ2n) is 5.91. The zero-order valence-corrected chi connectivity index (χ0v) is 14.9. The Hall–Kier alpha value is -3.61. The number of aromatic nitrogens is 4. The first kappa shape index (κ1) is 16.8. The van der Waals surface area contributed by atoms with Crippen molar-refractivity contribution in [2.75, 3.05) is 13.7 Å². The maximum Gasteiger partial charge on any atom is 0.141 e. The highest BCUT2D eigenvalue weighted by Gasteiger charge is 2.07. The van der Waals surface area contributed by atoms with Crippen LogP contribution in [0.25, 0.3) is 10.9 Å². The van der Waals surface area contributed by atoms with Gasteiger partial charge in [0.2, 0.25) is 0 Å². The Kier molecular flexibility index (Phi) is 4.82. The minimum absolute atomic E-state index is 0.563. The highest BCUT2D eigenvalue weighted by Crippen LogP contribution is 2.21. The average molecular weight is 361 g/mol. The van der Waals surface area contributed by atoms with Crippen molar-refractivity contribution < 1.29 is 9.47 Å². The Morgan fingerprint density at radius 3 is 2.52 bits per heavy atom. The molecular weight excluding hydrogens is 342 g/mol. The molecule has 2 aromatic heterocycles. The summed E-state index contributed by atoms with van der Waals surface area (Å²) in [5, 5.41) is 13.0. The second-order valence-corrected chi connectivity index (χ2v) is 5.91. The smallest absolute Gasteiger partial charge is 0.141 e. The molecular formula is C20H19N5O2. The molecule has 7 heteroatoms. The molecule has 27 heavy (non-hydrogen) atoms. The molecule has 0 amide bonds. The fourth-order valence-corrected chi connectivity index (χ4v) is 2.88. The van der Waals surface area contributed by atoms with Gasteiger partial charge in [0, 0.05) is 22.7 Å². The summed E-state index contributed by atoms with van der Waals surface area (Å²) >= 11 is 0. The monoisotopic (exact) mass is 361 g/mol. The van der Waals surface area contributed by atoms with Gasteiger partial charge in [-0.1, -0.05) is 18.2 Å². The molecule has 0 radical (unpaired) electrons. The van der Waals surface area contributed by atoms with Crippen LogP contribution < -0.4 is 9.47 Å². The molecule has 7 nitrogen and oxygen atoms in total. The van der Waals surface area contributed by atoms with E-state index in [-0.39, 0.29) is 0 Å². The van der Waals surface area contributed by atoms with Gasteiger partial charge in [0.05, 0.1) is 19.9 Å². The predicted molar refractivity (Wildman–Crippen MR) is 103 cm³/mol. The van der Waals surface area contributed by atoms with Gasteiger partial charge in [0.15, 0.2) is 0 Å². The largest absolute Gasteiger partial charge is 0.497 e. The fraction of sp³-hybridized carbons (Fsp3) is 0.150. The summed E-state index contributed by atoms with van der Waals surface area (Å²) in [6.45, 7) is 1.29. The molecule has 0 unspecified atom stereocenters. The van der Waals surface area contributed by atoms with E-state index in [1.54, 1.807) is 24.4 Å². The number of benzene rings is 2. The maximum absolute atomic E-state index is 5.86. The first-order chi connectivity index (χ1) is 13.3. The van der Waals surface area contributed by atoms with Crippen LogP contribution in [0, 0.1) is 0 Å². The molecule has 0 saturated heterocycles. The van der Waals surface area contributed by atoms with Crippen LogP contribution in [0.5, 0.6) is 11.5 Å². The van der Waals surface area contributed by atoms with Gasteiger partial charge in [-0.15, -0.1) is 10.2 Å². The molecule has 4 rings (SSSR count). The number of nitrogens with zero attached hydrogens (tertiary/aromatic N) is 5. The van der Waals surface area contributed by atoms with Crippen LogP contribution in [0.1, 0.15) is 5.56 Å². The highest BCUT2D eigenvalue weighted by atomic mass is 16.5. The molecule has 4 aromatic rings. The third-order valence-electron chi connectivity index (χ3n) is 4.22. The number of ether oxygens (including phenoxy) is 2. The molecule has 0 bridgehead atoms. The van der Waals surface area contributed by atoms with Gasteiger partial charge in [-0.3, -0.25) is 0 Å². The predicted octanol–water partition coefficient (Wildman–Crippen LogP) is 3.20. The lowest BCUT2D eigenvalue weighted by Gasteiger charge is -2.09. The van der Waals surface area contributed by atoms with Gasteiger partial charge in [0.1, 0.15) is 30.8 Å². The van der Waals surface area contributed by atoms with E-state index in [2.05, 4.69) is 38.2 Å². The minimum atomic E-state index is 0.563. The minimum Gasteiger partial charge on any atom is -0.497 e. The van der Waals surface area contributed by atoms with Crippen molar-refractivity contribution in [2.24, 2.45) is 5.10 Å². The van der Waals surface area contributed by atoms with E-state index in [1.165, 1.54) is 0 Å². The molecule has 136 valence electrons. The topological polar surface area (TPSA) is 66.5 Å². The van der Waals surface area contributed by atoms with Crippen LogP contribution in [0.3, 0.4) is 0 Å². The lowest BCUT2D eigenvalue weighted by molar-refractivity contribution is 0.300. The number of para-hydroxylation sites is 1. The first-order valence-corrected chi connectivity index (χ1v) is 8.57. The van der Waals surface area contributed by atoms with Crippen LogP contribution in [0.4, 0.5) is 0 Å². The Labute approximate surface area is 156 Å². The number of rotatable bonds is 7. The summed E-state index contributed by atoms with van der Waals surface area (Å²) in [5.41, 5.74) is 2.17. The maximum atomic E-state index is 5.86. The molecule has 0 fully saturated rings. The molecule has 0 aliphatic rings. The Morgan fingerprint density at radius 1 is 1.00 bits per heavy atom. The van der Waals surface area contributed by atoms with Crippen molar-refractivity contribution in [3.8, 4) is 11.5 Å². The highest BCUT2D eigenvalue weighted by molar-refractivity contribution is 5.99. The third-order valence-corrected chi connectivity index (χ3v) is 4.22.